The fourth-order valence-electron chi connectivity index (χ4n) is 4.26. The predicted molar refractivity (Wildman–Crippen MR) is 125 cm³/mol. The quantitative estimate of drug-likeness (QED) is 0.504. The lowest BCUT2D eigenvalue weighted by Gasteiger charge is -2.22. The molecule has 0 aliphatic heterocycles. The van der Waals surface area contributed by atoms with Crippen molar-refractivity contribution < 1.29 is 23.7 Å². The van der Waals surface area contributed by atoms with Crippen LogP contribution in [-0.2, 0) is 11.2 Å². The molecule has 1 heterocycles. The minimum absolute atomic E-state index is 0.293. The first-order valence-electron chi connectivity index (χ1n) is 10.6. The van der Waals surface area contributed by atoms with E-state index in [2.05, 4.69) is 0 Å². The molecule has 0 saturated carbocycles. The van der Waals surface area contributed by atoms with Crippen molar-refractivity contribution in [2.45, 2.75) is 19.3 Å². The largest absolute Gasteiger partial charge is 0.493 e. The van der Waals surface area contributed by atoms with Gasteiger partial charge in [0.25, 0.3) is 0 Å². The Kier molecular flexibility index (Phi) is 6.45. The molecule has 1 aliphatic rings. The van der Waals surface area contributed by atoms with Gasteiger partial charge in [-0.25, -0.2) is 9.78 Å². The van der Waals surface area contributed by atoms with Gasteiger partial charge in [0.15, 0.2) is 18.1 Å². The summed E-state index contributed by atoms with van der Waals surface area (Å²) in [5, 5.41) is 9.59. The molecule has 0 N–H and O–H groups in total. The van der Waals surface area contributed by atoms with Crippen LogP contribution in [0.5, 0.6) is 17.2 Å². The number of aromatic nitrogens is 1. The average Bonchev–Trinajstić information content (AvgIpc) is 2.85. The van der Waals surface area contributed by atoms with Gasteiger partial charge in [-0.2, -0.15) is 5.26 Å². The van der Waals surface area contributed by atoms with Crippen molar-refractivity contribution in [1.82, 2.24) is 4.98 Å². The van der Waals surface area contributed by atoms with Crippen molar-refractivity contribution in [2.75, 3.05) is 27.9 Å². The number of nitriles is 1. The van der Waals surface area contributed by atoms with E-state index in [4.69, 9.17) is 29.2 Å². The molecular formula is C26H24N2O5. The number of hydrogen-bond donors (Lipinski definition) is 0. The molecular weight excluding hydrogens is 420 g/mol. The molecule has 1 aliphatic carbocycles. The van der Waals surface area contributed by atoms with Crippen LogP contribution in [-0.4, -0.2) is 38.9 Å². The highest BCUT2D eigenvalue weighted by Gasteiger charge is 2.26. The lowest BCUT2D eigenvalue weighted by atomic mass is 9.86. The number of pyridine rings is 1. The van der Waals surface area contributed by atoms with Crippen molar-refractivity contribution in [3.63, 3.8) is 0 Å². The third-order valence-corrected chi connectivity index (χ3v) is 5.67. The molecule has 0 radical (unpaired) electrons. The van der Waals surface area contributed by atoms with Crippen molar-refractivity contribution in [2.24, 2.45) is 0 Å². The van der Waals surface area contributed by atoms with Crippen LogP contribution >= 0.6 is 0 Å². The summed E-state index contributed by atoms with van der Waals surface area (Å²) < 4.78 is 21.6. The SMILES string of the molecule is COc1cc(/C=C2/CCCc3c2nc2ccccc2c3C(=O)OCC#N)cc(OC)c1OC. The number of rotatable bonds is 6. The van der Waals surface area contributed by atoms with E-state index in [0.717, 1.165) is 40.6 Å². The number of carbonyl (C=O) groups is 1. The Morgan fingerprint density at radius 2 is 1.82 bits per heavy atom. The Balaban J connectivity index is 1.90. The molecule has 0 spiro atoms. The smallest absolute Gasteiger partial charge is 0.340 e. The van der Waals surface area contributed by atoms with E-state index in [-0.39, 0.29) is 6.61 Å². The van der Waals surface area contributed by atoms with Gasteiger partial charge < -0.3 is 18.9 Å². The van der Waals surface area contributed by atoms with Crippen LogP contribution in [0.1, 0.15) is 40.0 Å². The molecule has 0 amide bonds. The summed E-state index contributed by atoms with van der Waals surface area (Å²) in [6.07, 6.45) is 4.41. The average molecular weight is 444 g/mol. The zero-order valence-corrected chi connectivity index (χ0v) is 18.8. The van der Waals surface area contributed by atoms with Crippen molar-refractivity contribution in [3.8, 4) is 23.3 Å². The molecule has 0 saturated heterocycles. The lowest BCUT2D eigenvalue weighted by Crippen LogP contribution is -2.15. The highest BCUT2D eigenvalue weighted by Crippen LogP contribution is 2.41. The zero-order valence-electron chi connectivity index (χ0n) is 18.8. The van der Waals surface area contributed by atoms with E-state index in [1.54, 1.807) is 21.3 Å². The highest BCUT2D eigenvalue weighted by atomic mass is 16.5. The van der Waals surface area contributed by atoms with Gasteiger partial charge in [0.05, 0.1) is 38.1 Å². The van der Waals surface area contributed by atoms with Gasteiger partial charge in [-0.1, -0.05) is 18.2 Å². The molecule has 33 heavy (non-hydrogen) atoms. The maximum absolute atomic E-state index is 12.9. The predicted octanol–water partition coefficient (Wildman–Crippen LogP) is 4.82. The normalized spacial score (nSPS) is 13.8. The summed E-state index contributed by atoms with van der Waals surface area (Å²) in [5.74, 6) is 1.15. The first kappa shape index (κ1) is 22.2. The summed E-state index contributed by atoms with van der Waals surface area (Å²) >= 11 is 0. The number of ether oxygens (including phenoxy) is 4. The van der Waals surface area contributed by atoms with Crippen LogP contribution in [0.4, 0.5) is 0 Å². The molecule has 0 bridgehead atoms. The molecule has 0 unspecified atom stereocenters. The van der Waals surface area contributed by atoms with E-state index < -0.39 is 5.97 Å². The fraction of sp³-hybridized carbons (Fsp3) is 0.269. The number of allylic oxidation sites excluding steroid dienone is 1. The van der Waals surface area contributed by atoms with Gasteiger partial charge in [-0.05, 0) is 60.2 Å². The number of para-hydroxylation sites is 1. The van der Waals surface area contributed by atoms with Crippen molar-refractivity contribution >= 4 is 28.5 Å². The number of nitrogens with zero attached hydrogens (tertiary/aromatic N) is 2. The molecule has 7 heteroatoms. The summed E-state index contributed by atoms with van der Waals surface area (Å²) in [7, 11) is 4.73. The minimum atomic E-state index is -0.500. The molecule has 0 fully saturated rings. The maximum Gasteiger partial charge on any atom is 0.340 e. The Morgan fingerprint density at radius 3 is 2.48 bits per heavy atom. The third kappa shape index (κ3) is 4.20. The molecule has 2 aromatic carbocycles. The van der Waals surface area contributed by atoms with Gasteiger partial charge in [0.1, 0.15) is 6.07 Å². The highest BCUT2D eigenvalue weighted by molar-refractivity contribution is 6.06. The van der Waals surface area contributed by atoms with Crippen LogP contribution in [0.2, 0.25) is 0 Å². The number of fused-ring (bicyclic) bond motifs is 2. The number of carbonyl (C=O) groups excluding carboxylic acids is 1. The van der Waals surface area contributed by atoms with Crippen LogP contribution in [0.3, 0.4) is 0 Å². The summed E-state index contributed by atoms with van der Waals surface area (Å²) in [6.45, 7) is -0.293. The van der Waals surface area contributed by atoms with Crippen molar-refractivity contribution in [1.29, 1.82) is 5.26 Å². The van der Waals surface area contributed by atoms with Gasteiger partial charge >= 0.3 is 5.97 Å². The van der Waals surface area contributed by atoms with E-state index in [0.29, 0.717) is 34.7 Å². The van der Waals surface area contributed by atoms with Crippen LogP contribution in [0, 0.1) is 11.3 Å². The number of esters is 1. The summed E-state index contributed by atoms with van der Waals surface area (Å²) in [6, 6.07) is 13.1. The van der Waals surface area contributed by atoms with E-state index in [9.17, 15) is 4.79 Å². The maximum atomic E-state index is 12.9. The third-order valence-electron chi connectivity index (χ3n) is 5.67. The molecule has 0 atom stereocenters. The topological polar surface area (TPSA) is 90.7 Å². The minimum Gasteiger partial charge on any atom is -0.493 e. The molecule has 3 aromatic rings. The Bertz CT molecular complexity index is 1260. The second-order valence-electron chi connectivity index (χ2n) is 7.55. The Morgan fingerprint density at radius 1 is 1.09 bits per heavy atom. The Hall–Kier alpha value is -4.05. The van der Waals surface area contributed by atoms with Gasteiger partial charge in [0, 0.05) is 5.39 Å². The summed E-state index contributed by atoms with van der Waals surface area (Å²) in [5.41, 5.74) is 4.69. The van der Waals surface area contributed by atoms with E-state index in [1.165, 1.54) is 0 Å². The number of methoxy groups -OCH3 is 3. The fourth-order valence-corrected chi connectivity index (χ4v) is 4.26. The second kappa shape index (κ2) is 9.61. The second-order valence-corrected chi connectivity index (χ2v) is 7.55. The van der Waals surface area contributed by atoms with Gasteiger partial charge in [-0.15, -0.1) is 0 Å². The zero-order chi connectivity index (χ0) is 23.4. The van der Waals surface area contributed by atoms with Crippen molar-refractivity contribution in [3.05, 3.63) is 58.8 Å². The molecule has 4 rings (SSSR count). The van der Waals surface area contributed by atoms with Crippen LogP contribution in [0.15, 0.2) is 36.4 Å². The molecule has 7 nitrogen and oxygen atoms in total. The first-order valence-corrected chi connectivity index (χ1v) is 10.6. The summed E-state index contributed by atoms with van der Waals surface area (Å²) in [4.78, 5) is 17.8. The monoisotopic (exact) mass is 444 g/mol. The molecule has 168 valence electrons. The number of hydrogen-bond acceptors (Lipinski definition) is 7. The first-order chi connectivity index (χ1) is 16.1. The van der Waals surface area contributed by atoms with Gasteiger partial charge in [0.2, 0.25) is 5.75 Å². The van der Waals surface area contributed by atoms with E-state index >= 15 is 0 Å². The molecule has 1 aromatic heterocycles. The van der Waals surface area contributed by atoms with Gasteiger partial charge in [-0.3, -0.25) is 0 Å². The number of benzene rings is 2. The lowest BCUT2D eigenvalue weighted by molar-refractivity contribution is 0.0556. The van der Waals surface area contributed by atoms with Crippen LogP contribution in [0.25, 0.3) is 22.6 Å². The van der Waals surface area contributed by atoms with E-state index in [1.807, 2.05) is 48.5 Å². The Labute approximate surface area is 192 Å². The van der Waals surface area contributed by atoms with Crippen LogP contribution < -0.4 is 14.2 Å². The standard InChI is InChI=1S/C26H24N2O5/c1-30-21-14-16(15-22(31-2)25(21)32-3)13-17-7-6-9-19-23(26(29)33-12-11-27)18-8-4-5-10-20(18)28-24(17)19/h4-5,8,10,13-15H,6-7,9,12H2,1-3H3/b17-13-.